The van der Waals surface area contributed by atoms with Gasteiger partial charge in [-0.05, 0) is 47.4 Å². The molecule has 2 aromatic heterocycles. The van der Waals surface area contributed by atoms with Gasteiger partial charge in [0.25, 0.3) is 0 Å². The van der Waals surface area contributed by atoms with Crippen molar-refractivity contribution in [3.63, 3.8) is 0 Å². The molecule has 4 aromatic rings. The summed E-state index contributed by atoms with van der Waals surface area (Å²) in [7, 11) is 2.05. The smallest absolute Gasteiger partial charge is 0.136 e. The summed E-state index contributed by atoms with van der Waals surface area (Å²) in [4.78, 5) is 12.8. The topological polar surface area (TPSA) is 54.3 Å². The highest BCUT2D eigenvalue weighted by atomic mass is 32.1. The van der Waals surface area contributed by atoms with Gasteiger partial charge in [0.2, 0.25) is 0 Å². The number of aromatic nitrogens is 1. The molecule has 4 nitrogen and oxygen atoms in total. The van der Waals surface area contributed by atoms with Gasteiger partial charge in [0.05, 0.1) is 10.9 Å². The molecule has 1 unspecified atom stereocenters. The summed E-state index contributed by atoms with van der Waals surface area (Å²) < 4.78 is 2.12. The molecule has 5 heteroatoms. The molecule has 1 atom stereocenters. The van der Waals surface area contributed by atoms with Crippen LogP contribution in [0, 0.1) is 0 Å². The molecule has 4 rings (SSSR count). The highest BCUT2D eigenvalue weighted by molar-refractivity contribution is 7.15. The van der Waals surface area contributed by atoms with Crippen molar-refractivity contribution in [3.05, 3.63) is 65.7 Å². The number of benzene rings is 2. The second kappa shape index (κ2) is 8.23. The fourth-order valence-corrected chi connectivity index (χ4v) is 4.50. The molecule has 29 heavy (non-hydrogen) atoms. The number of carbonyl (C=O) groups excluding carboxylic acids is 1. The Hall–Kier alpha value is -2.89. The Kier molecular flexibility index (Phi) is 5.51. The van der Waals surface area contributed by atoms with Gasteiger partial charge < -0.3 is 19.8 Å². The van der Waals surface area contributed by atoms with Gasteiger partial charge in [-0.1, -0.05) is 37.3 Å². The van der Waals surface area contributed by atoms with Crippen LogP contribution in [0.4, 0.5) is 0 Å². The van der Waals surface area contributed by atoms with Gasteiger partial charge in [-0.25, -0.2) is 0 Å². The van der Waals surface area contributed by atoms with Crippen LogP contribution in [0.25, 0.3) is 32.5 Å². The first-order valence-corrected chi connectivity index (χ1v) is 10.6. The summed E-state index contributed by atoms with van der Waals surface area (Å²) in [6, 6.07) is 18.7. The van der Waals surface area contributed by atoms with E-state index in [-0.39, 0.29) is 11.8 Å². The van der Waals surface area contributed by atoms with E-state index in [4.69, 9.17) is 0 Å². The van der Waals surface area contributed by atoms with E-state index in [9.17, 15) is 9.90 Å². The van der Waals surface area contributed by atoms with Gasteiger partial charge in [-0.3, -0.25) is 0 Å². The van der Waals surface area contributed by atoms with Gasteiger partial charge in [-0.15, -0.1) is 11.3 Å². The molecule has 0 saturated carbocycles. The first kappa shape index (κ1) is 19.4. The van der Waals surface area contributed by atoms with Crippen molar-refractivity contribution in [1.82, 2.24) is 9.88 Å². The molecule has 0 saturated heterocycles. The molecule has 0 aliphatic carbocycles. The highest BCUT2D eigenvalue weighted by Gasteiger charge is 2.12. The number of nitrogens with zero attached hydrogens (tertiary/aromatic N) is 1. The lowest BCUT2D eigenvalue weighted by atomic mass is 10.0. The van der Waals surface area contributed by atoms with Crippen molar-refractivity contribution in [2.24, 2.45) is 7.05 Å². The number of hydrogen-bond donors (Lipinski definition) is 2. The van der Waals surface area contributed by atoms with Gasteiger partial charge >= 0.3 is 0 Å². The van der Waals surface area contributed by atoms with Crippen molar-refractivity contribution in [1.29, 1.82) is 0 Å². The van der Waals surface area contributed by atoms with Crippen molar-refractivity contribution in [2.45, 2.75) is 25.9 Å². The first-order chi connectivity index (χ1) is 14.1. The Bertz CT molecular complexity index is 1140. The summed E-state index contributed by atoms with van der Waals surface area (Å²) in [5, 5.41) is 14.7. The lowest BCUT2D eigenvalue weighted by Gasteiger charge is -2.08. The minimum absolute atomic E-state index is 0.179. The Morgan fingerprint density at radius 1 is 1.07 bits per heavy atom. The predicted molar refractivity (Wildman–Crippen MR) is 120 cm³/mol. The monoisotopic (exact) mass is 404 g/mol. The van der Waals surface area contributed by atoms with Crippen LogP contribution in [0.2, 0.25) is 0 Å². The van der Waals surface area contributed by atoms with Crippen LogP contribution in [0.1, 0.15) is 18.2 Å². The Morgan fingerprint density at radius 2 is 1.79 bits per heavy atom. The normalized spacial score (nSPS) is 12.3. The molecule has 0 radical (unpaired) electrons. The van der Waals surface area contributed by atoms with Gasteiger partial charge in [-0.2, -0.15) is 0 Å². The molecule has 0 bridgehead atoms. The maximum absolute atomic E-state index is 11.0. The van der Waals surface area contributed by atoms with Crippen molar-refractivity contribution in [3.8, 4) is 27.3 Å². The van der Waals surface area contributed by atoms with Crippen molar-refractivity contribution >= 4 is 28.5 Å². The molecule has 0 spiro atoms. The van der Waals surface area contributed by atoms with E-state index in [1.807, 2.05) is 6.92 Å². The minimum atomic E-state index is -0.179. The van der Waals surface area contributed by atoms with Crippen LogP contribution in [-0.2, 0) is 18.4 Å². The summed E-state index contributed by atoms with van der Waals surface area (Å²) in [5.41, 5.74) is 4.65. The SMILES string of the molecule is CCC(C=O)NCc1sc(-c2ccc(-c3ccc4c(ccn4C)c3)cc2)cc1O. The molecular formula is C24H24N2O2S. The molecule has 0 aliphatic rings. The summed E-state index contributed by atoms with van der Waals surface area (Å²) in [6.45, 7) is 2.45. The zero-order valence-corrected chi connectivity index (χ0v) is 17.4. The molecule has 0 fully saturated rings. The number of nitrogens with one attached hydrogen (secondary N) is 1. The summed E-state index contributed by atoms with van der Waals surface area (Å²) >= 11 is 1.55. The number of carbonyl (C=O) groups is 1. The Balaban J connectivity index is 1.54. The fraction of sp³-hybridized carbons (Fsp3) is 0.208. The van der Waals surface area contributed by atoms with Crippen LogP contribution < -0.4 is 5.32 Å². The van der Waals surface area contributed by atoms with Crippen molar-refractivity contribution < 1.29 is 9.90 Å². The Morgan fingerprint density at radius 3 is 2.52 bits per heavy atom. The number of aryl methyl sites for hydroxylation is 1. The summed E-state index contributed by atoms with van der Waals surface area (Å²) in [5.74, 6) is 0.275. The maximum Gasteiger partial charge on any atom is 0.136 e. The average molecular weight is 405 g/mol. The first-order valence-electron chi connectivity index (χ1n) is 9.75. The number of aldehydes is 1. The number of thiophene rings is 1. The van der Waals surface area contributed by atoms with E-state index >= 15 is 0 Å². The third-order valence-electron chi connectivity index (χ3n) is 5.30. The Labute approximate surface area is 174 Å². The standard InChI is InChI=1S/C24H24N2O2S/c1-3-20(15-27)25-14-24-22(28)13-23(29-24)17-6-4-16(5-7-17)18-8-9-21-19(12-18)10-11-26(21)2/h4-13,15,20,25,28H,3,14H2,1-2H3. The largest absolute Gasteiger partial charge is 0.507 e. The fourth-order valence-electron chi connectivity index (χ4n) is 3.49. The molecule has 2 N–H and O–H groups in total. The van der Waals surface area contributed by atoms with Crippen molar-refractivity contribution in [2.75, 3.05) is 0 Å². The zero-order chi connectivity index (χ0) is 20.4. The maximum atomic E-state index is 11.0. The predicted octanol–water partition coefficient (Wildman–Crippen LogP) is 5.35. The highest BCUT2D eigenvalue weighted by Crippen LogP contribution is 2.36. The lowest BCUT2D eigenvalue weighted by Crippen LogP contribution is -2.28. The van der Waals surface area contributed by atoms with E-state index in [0.717, 1.165) is 28.0 Å². The van der Waals surface area contributed by atoms with Gasteiger partial charge in [0.1, 0.15) is 12.0 Å². The number of rotatable bonds is 7. The minimum Gasteiger partial charge on any atom is -0.507 e. The van der Waals surface area contributed by atoms with E-state index < -0.39 is 0 Å². The van der Waals surface area contributed by atoms with Crippen LogP contribution in [0.5, 0.6) is 5.75 Å². The molecule has 2 aromatic carbocycles. The molecule has 148 valence electrons. The molecule has 2 heterocycles. The van der Waals surface area contributed by atoms with E-state index in [2.05, 4.69) is 71.7 Å². The third-order valence-corrected chi connectivity index (χ3v) is 6.48. The van der Waals surface area contributed by atoms with Crippen LogP contribution in [-0.4, -0.2) is 22.0 Å². The van der Waals surface area contributed by atoms with E-state index in [1.54, 1.807) is 17.4 Å². The molecule has 0 amide bonds. The lowest BCUT2D eigenvalue weighted by molar-refractivity contribution is -0.109. The van der Waals surface area contributed by atoms with Crippen LogP contribution >= 0.6 is 11.3 Å². The second-order valence-electron chi connectivity index (χ2n) is 7.23. The number of hydrogen-bond acceptors (Lipinski definition) is 4. The molecule has 0 aliphatic heterocycles. The average Bonchev–Trinajstić information content (AvgIpc) is 3.31. The second-order valence-corrected chi connectivity index (χ2v) is 8.37. The van der Waals surface area contributed by atoms with E-state index in [0.29, 0.717) is 6.54 Å². The third kappa shape index (κ3) is 3.97. The molecular weight excluding hydrogens is 380 g/mol. The van der Waals surface area contributed by atoms with Gasteiger partial charge in [0.15, 0.2) is 0 Å². The number of fused-ring (bicyclic) bond motifs is 1. The quantitative estimate of drug-likeness (QED) is 0.409. The van der Waals surface area contributed by atoms with Gasteiger partial charge in [0, 0.05) is 35.6 Å². The summed E-state index contributed by atoms with van der Waals surface area (Å²) in [6.07, 6.45) is 3.72. The number of aromatic hydroxyl groups is 1. The van der Waals surface area contributed by atoms with Crippen LogP contribution in [0.15, 0.2) is 60.8 Å². The van der Waals surface area contributed by atoms with Crippen LogP contribution in [0.3, 0.4) is 0 Å². The zero-order valence-electron chi connectivity index (χ0n) is 16.6. The van der Waals surface area contributed by atoms with E-state index in [1.165, 1.54) is 22.0 Å².